The van der Waals surface area contributed by atoms with E-state index in [1.54, 1.807) is 7.11 Å². The van der Waals surface area contributed by atoms with Crippen LogP contribution in [0.3, 0.4) is 0 Å². The molecule has 0 aliphatic carbocycles. The summed E-state index contributed by atoms with van der Waals surface area (Å²) in [6.45, 7) is 3.91. The van der Waals surface area contributed by atoms with Gasteiger partial charge in [0.25, 0.3) is 11.8 Å². The lowest BCUT2D eigenvalue weighted by Crippen LogP contribution is -2.53. The zero-order chi connectivity index (χ0) is 26.0. The van der Waals surface area contributed by atoms with E-state index in [1.807, 2.05) is 0 Å². The number of amides is 3. The van der Waals surface area contributed by atoms with Gasteiger partial charge in [-0.2, -0.15) is 13.2 Å². The van der Waals surface area contributed by atoms with Gasteiger partial charge < -0.3 is 29.7 Å². The second-order valence-corrected chi connectivity index (χ2v) is 9.17. The summed E-state index contributed by atoms with van der Waals surface area (Å²) in [6.07, 6.45) is -3.95. The molecule has 12 heteroatoms. The molecular formula is C23H30F3N3O6. The van der Waals surface area contributed by atoms with Crippen LogP contribution in [0, 0.1) is 0 Å². The van der Waals surface area contributed by atoms with Gasteiger partial charge in [0.05, 0.1) is 16.8 Å². The number of halogens is 3. The monoisotopic (exact) mass is 501 g/mol. The van der Waals surface area contributed by atoms with Crippen LogP contribution in [0.25, 0.3) is 0 Å². The van der Waals surface area contributed by atoms with Crippen LogP contribution >= 0.6 is 0 Å². The molecule has 0 saturated carbocycles. The van der Waals surface area contributed by atoms with Crippen molar-refractivity contribution in [3.63, 3.8) is 0 Å². The minimum absolute atomic E-state index is 0.0191. The summed E-state index contributed by atoms with van der Waals surface area (Å²) in [4.78, 5) is 39.8. The lowest BCUT2D eigenvalue weighted by molar-refractivity contribution is -0.138. The van der Waals surface area contributed by atoms with Gasteiger partial charge in [0.1, 0.15) is 5.75 Å². The highest BCUT2D eigenvalue weighted by Gasteiger charge is 2.44. The molecule has 2 heterocycles. The number of carbonyl (C=O) groups is 3. The molecule has 0 radical (unpaired) electrons. The van der Waals surface area contributed by atoms with Crippen LogP contribution in [0.5, 0.6) is 5.75 Å². The normalized spacial score (nSPS) is 19.7. The third-order valence-electron chi connectivity index (χ3n) is 6.07. The molecule has 3 amide bonds. The van der Waals surface area contributed by atoms with Crippen LogP contribution < -0.4 is 15.0 Å². The van der Waals surface area contributed by atoms with Gasteiger partial charge in [0.15, 0.2) is 5.60 Å². The second kappa shape index (κ2) is 10.3. The zero-order valence-electron chi connectivity index (χ0n) is 19.9. The van der Waals surface area contributed by atoms with E-state index in [9.17, 15) is 32.7 Å². The number of nitrogens with one attached hydrogen (secondary N) is 1. The lowest BCUT2D eigenvalue weighted by atomic mass is 9.98. The van der Waals surface area contributed by atoms with Crippen LogP contribution in [0.2, 0.25) is 0 Å². The van der Waals surface area contributed by atoms with Gasteiger partial charge in [-0.15, -0.1) is 0 Å². The third kappa shape index (κ3) is 5.98. The molecule has 0 spiro atoms. The molecule has 0 aromatic heterocycles. The largest absolute Gasteiger partial charge is 0.476 e. The first-order valence-corrected chi connectivity index (χ1v) is 11.4. The number of anilines is 1. The third-order valence-corrected chi connectivity index (χ3v) is 6.07. The number of unbranched alkanes of at least 4 members (excludes halogenated alkanes) is 1. The van der Waals surface area contributed by atoms with Crippen molar-refractivity contribution in [3.05, 3.63) is 23.3 Å². The molecule has 2 aliphatic rings. The topological polar surface area (TPSA) is 108 Å². The van der Waals surface area contributed by atoms with Crippen molar-refractivity contribution in [2.75, 3.05) is 38.3 Å². The average molecular weight is 502 g/mol. The Morgan fingerprint density at radius 2 is 2.00 bits per heavy atom. The summed E-state index contributed by atoms with van der Waals surface area (Å²) in [5.74, 6) is -1.56. The quantitative estimate of drug-likeness (QED) is 0.554. The molecule has 1 fully saturated rings. The number of carboxylic acid groups (broad SMARTS) is 1. The van der Waals surface area contributed by atoms with Crippen molar-refractivity contribution in [3.8, 4) is 5.75 Å². The Morgan fingerprint density at radius 3 is 2.63 bits per heavy atom. The molecule has 0 bridgehead atoms. The number of ether oxygens (including phenoxy) is 2. The summed E-state index contributed by atoms with van der Waals surface area (Å²) in [6, 6.07) is 1.16. The lowest BCUT2D eigenvalue weighted by Gasteiger charge is -2.39. The minimum Gasteiger partial charge on any atom is -0.476 e. The Hall–Kier alpha value is -3.02. The standard InChI is InChI=1S/C23H30F3N3O6/c1-22(2)20(31)29(9-4-5-10-34-3)17-11-15(16(23(24,25)26)12-18(17)35-22)19(30)27-14-7-6-8-28(13-14)21(32)33/h11-12,14H,4-10,13H2,1-3H3,(H,27,30)(H,32,33)/t14-/m1/s1. The predicted molar refractivity (Wildman–Crippen MR) is 120 cm³/mol. The first-order valence-electron chi connectivity index (χ1n) is 11.4. The summed E-state index contributed by atoms with van der Waals surface area (Å²) in [5, 5.41) is 11.7. The van der Waals surface area contributed by atoms with Crippen molar-refractivity contribution >= 4 is 23.6 Å². The van der Waals surface area contributed by atoms with Crippen molar-refractivity contribution in [1.82, 2.24) is 10.2 Å². The molecule has 1 aromatic rings. The Bertz CT molecular complexity index is 982. The molecule has 2 aliphatic heterocycles. The highest BCUT2D eigenvalue weighted by Crippen LogP contribution is 2.44. The Kier molecular flexibility index (Phi) is 7.83. The van der Waals surface area contributed by atoms with Gasteiger partial charge >= 0.3 is 12.3 Å². The number of hydrogen-bond donors (Lipinski definition) is 2. The van der Waals surface area contributed by atoms with E-state index in [1.165, 1.54) is 18.7 Å². The fourth-order valence-corrected chi connectivity index (χ4v) is 4.31. The number of alkyl halides is 3. The van der Waals surface area contributed by atoms with Gasteiger partial charge in [0, 0.05) is 39.4 Å². The van der Waals surface area contributed by atoms with E-state index in [-0.39, 0.29) is 24.5 Å². The van der Waals surface area contributed by atoms with E-state index in [4.69, 9.17) is 9.47 Å². The van der Waals surface area contributed by atoms with Crippen LogP contribution in [-0.4, -0.2) is 72.9 Å². The molecule has 194 valence electrons. The maximum Gasteiger partial charge on any atom is 0.417 e. The van der Waals surface area contributed by atoms with Gasteiger partial charge in [-0.3, -0.25) is 9.59 Å². The molecule has 1 saturated heterocycles. The molecule has 35 heavy (non-hydrogen) atoms. The fraction of sp³-hybridized carbons (Fsp3) is 0.609. The minimum atomic E-state index is -4.86. The van der Waals surface area contributed by atoms with E-state index in [2.05, 4.69) is 5.32 Å². The number of hydrogen-bond acceptors (Lipinski definition) is 5. The number of rotatable bonds is 7. The first kappa shape index (κ1) is 26.6. The molecule has 2 N–H and O–H groups in total. The van der Waals surface area contributed by atoms with Gasteiger partial charge in [-0.25, -0.2) is 4.79 Å². The van der Waals surface area contributed by atoms with Crippen LogP contribution in [0.1, 0.15) is 55.5 Å². The van der Waals surface area contributed by atoms with Gasteiger partial charge in [-0.05, 0) is 51.7 Å². The maximum absolute atomic E-state index is 14.0. The highest BCUT2D eigenvalue weighted by atomic mass is 19.4. The number of carbonyl (C=O) groups excluding carboxylic acids is 2. The van der Waals surface area contributed by atoms with E-state index < -0.39 is 46.9 Å². The average Bonchev–Trinajstić information content (AvgIpc) is 2.77. The Morgan fingerprint density at radius 1 is 1.29 bits per heavy atom. The number of nitrogens with zero attached hydrogens (tertiary/aromatic N) is 2. The molecule has 9 nitrogen and oxygen atoms in total. The van der Waals surface area contributed by atoms with Crippen LogP contribution in [-0.2, 0) is 15.7 Å². The van der Waals surface area contributed by atoms with Gasteiger partial charge in [-0.1, -0.05) is 0 Å². The molecule has 0 unspecified atom stereocenters. The SMILES string of the molecule is COCCCCN1C(=O)C(C)(C)Oc2cc(C(F)(F)F)c(C(=O)N[C@@H]3CCCN(C(=O)O)C3)cc21. The van der Waals surface area contributed by atoms with E-state index in [0.717, 1.165) is 17.0 Å². The predicted octanol–water partition coefficient (Wildman–Crippen LogP) is 3.51. The number of benzene rings is 1. The summed E-state index contributed by atoms with van der Waals surface area (Å²) >= 11 is 0. The number of fused-ring (bicyclic) bond motifs is 1. The second-order valence-electron chi connectivity index (χ2n) is 9.17. The summed E-state index contributed by atoms with van der Waals surface area (Å²) in [7, 11) is 1.55. The summed E-state index contributed by atoms with van der Waals surface area (Å²) < 4.78 is 52.5. The maximum atomic E-state index is 14.0. The zero-order valence-corrected chi connectivity index (χ0v) is 19.9. The van der Waals surface area contributed by atoms with E-state index >= 15 is 0 Å². The molecular weight excluding hydrogens is 471 g/mol. The van der Waals surface area contributed by atoms with Crippen molar-refractivity contribution in [2.24, 2.45) is 0 Å². The summed E-state index contributed by atoms with van der Waals surface area (Å²) in [5.41, 5.74) is -3.14. The van der Waals surface area contributed by atoms with Crippen LogP contribution in [0.4, 0.5) is 23.7 Å². The number of likely N-dealkylation sites (tertiary alicyclic amines) is 1. The first-order chi connectivity index (χ1) is 16.3. The molecule has 3 rings (SSSR count). The Labute approximate surface area is 201 Å². The highest BCUT2D eigenvalue weighted by molar-refractivity contribution is 6.05. The number of methoxy groups -OCH3 is 1. The smallest absolute Gasteiger partial charge is 0.417 e. The van der Waals surface area contributed by atoms with Crippen molar-refractivity contribution < 1.29 is 42.1 Å². The van der Waals surface area contributed by atoms with Gasteiger partial charge in [0.2, 0.25) is 0 Å². The number of piperidine rings is 1. The van der Waals surface area contributed by atoms with Crippen molar-refractivity contribution in [2.45, 2.75) is 57.3 Å². The van der Waals surface area contributed by atoms with Crippen LogP contribution in [0.15, 0.2) is 12.1 Å². The Balaban J connectivity index is 1.97. The fourth-order valence-electron chi connectivity index (χ4n) is 4.31. The molecule has 1 aromatic carbocycles. The molecule has 1 atom stereocenters. The van der Waals surface area contributed by atoms with E-state index in [0.29, 0.717) is 38.8 Å². The van der Waals surface area contributed by atoms with Crippen molar-refractivity contribution in [1.29, 1.82) is 0 Å².